The lowest BCUT2D eigenvalue weighted by molar-refractivity contribution is -0.127. The molecule has 0 spiro atoms. The largest absolute Gasteiger partial charge is 0.481 e. The normalized spacial score (nSPS) is 11.9. The summed E-state index contributed by atoms with van der Waals surface area (Å²) in [4.78, 5) is 25.2. The van der Waals surface area contributed by atoms with Crippen molar-refractivity contribution in [3.63, 3.8) is 0 Å². The molecule has 4 aromatic carbocycles. The summed E-state index contributed by atoms with van der Waals surface area (Å²) in [5.41, 5.74) is 3.36. The van der Waals surface area contributed by atoms with Crippen molar-refractivity contribution in [3.05, 3.63) is 106 Å². The van der Waals surface area contributed by atoms with Crippen molar-refractivity contribution in [1.29, 1.82) is 0 Å². The van der Waals surface area contributed by atoms with Crippen molar-refractivity contribution in [1.82, 2.24) is 5.43 Å². The van der Waals surface area contributed by atoms with E-state index in [0.29, 0.717) is 32.7 Å². The van der Waals surface area contributed by atoms with E-state index >= 15 is 0 Å². The first kappa shape index (κ1) is 24.3. The van der Waals surface area contributed by atoms with Gasteiger partial charge in [0.05, 0.1) is 11.8 Å². The third-order valence-electron chi connectivity index (χ3n) is 5.06. The highest BCUT2D eigenvalue weighted by atomic mass is 35.5. The average Bonchev–Trinajstić information content (AvgIpc) is 2.85. The standard InChI is InChI=1S/C27H20Cl2N2O4/c1-17(34-22-7-4-6-21(29)15-22)26(32)31-30-16-24-23-8-3-2-5-18(23)11-14-25(24)35-27(33)19-9-12-20(28)13-10-19/h2-17H,1H3,(H,31,32)/b30-16+. The second-order valence-electron chi connectivity index (χ2n) is 7.55. The number of fused-ring (bicyclic) bond motifs is 1. The maximum Gasteiger partial charge on any atom is 0.343 e. The van der Waals surface area contributed by atoms with Gasteiger partial charge in [0.2, 0.25) is 0 Å². The monoisotopic (exact) mass is 506 g/mol. The fraction of sp³-hybridized carbons (Fsp3) is 0.0741. The van der Waals surface area contributed by atoms with E-state index < -0.39 is 18.0 Å². The molecule has 4 aromatic rings. The fourth-order valence-electron chi connectivity index (χ4n) is 3.29. The number of halogens is 2. The van der Waals surface area contributed by atoms with Gasteiger partial charge in [-0.25, -0.2) is 10.2 Å². The number of hydrazone groups is 1. The molecule has 4 rings (SSSR count). The quantitative estimate of drug-likeness (QED) is 0.138. The van der Waals surface area contributed by atoms with Crippen LogP contribution < -0.4 is 14.9 Å². The molecule has 1 unspecified atom stereocenters. The Morgan fingerprint density at radius 3 is 2.46 bits per heavy atom. The molecule has 176 valence electrons. The average molecular weight is 507 g/mol. The lowest BCUT2D eigenvalue weighted by Gasteiger charge is -2.13. The van der Waals surface area contributed by atoms with Crippen molar-refractivity contribution < 1.29 is 19.1 Å². The third-order valence-corrected chi connectivity index (χ3v) is 5.55. The highest BCUT2D eigenvalue weighted by Crippen LogP contribution is 2.27. The van der Waals surface area contributed by atoms with E-state index in [-0.39, 0.29) is 0 Å². The number of carbonyl (C=O) groups is 2. The van der Waals surface area contributed by atoms with Gasteiger partial charge in [-0.3, -0.25) is 4.79 Å². The van der Waals surface area contributed by atoms with Crippen LogP contribution in [-0.2, 0) is 4.79 Å². The third kappa shape index (κ3) is 6.18. The summed E-state index contributed by atoms with van der Waals surface area (Å²) in [5, 5.41) is 6.83. The minimum atomic E-state index is -0.819. The molecule has 0 aromatic heterocycles. The molecule has 6 nitrogen and oxygen atoms in total. The molecule has 0 saturated carbocycles. The van der Waals surface area contributed by atoms with Crippen molar-refractivity contribution >= 4 is 52.1 Å². The number of amides is 1. The van der Waals surface area contributed by atoms with Gasteiger partial charge in [-0.1, -0.05) is 59.6 Å². The molecule has 0 aliphatic carbocycles. The Balaban J connectivity index is 1.53. The van der Waals surface area contributed by atoms with Crippen LogP contribution in [-0.4, -0.2) is 24.2 Å². The van der Waals surface area contributed by atoms with Crippen LogP contribution in [0, 0.1) is 0 Å². The second kappa shape index (κ2) is 11.0. The summed E-state index contributed by atoms with van der Waals surface area (Å²) in [6.07, 6.45) is 0.622. The van der Waals surface area contributed by atoms with Gasteiger partial charge in [0.25, 0.3) is 5.91 Å². The van der Waals surface area contributed by atoms with Gasteiger partial charge >= 0.3 is 5.97 Å². The summed E-state index contributed by atoms with van der Waals surface area (Å²) < 4.78 is 11.3. The predicted molar refractivity (Wildman–Crippen MR) is 138 cm³/mol. The van der Waals surface area contributed by atoms with Crippen LogP contribution in [0.1, 0.15) is 22.8 Å². The molecule has 1 N–H and O–H groups in total. The van der Waals surface area contributed by atoms with Crippen molar-refractivity contribution in [2.24, 2.45) is 5.10 Å². The molecule has 0 heterocycles. The summed E-state index contributed by atoms with van der Waals surface area (Å²) in [6.45, 7) is 1.60. The summed E-state index contributed by atoms with van der Waals surface area (Å²) in [6, 6.07) is 24.3. The Labute approximate surface area is 212 Å². The first-order valence-electron chi connectivity index (χ1n) is 10.7. The Morgan fingerprint density at radius 1 is 0.914 bits per heavy atom. The van der Waals surface area contributed by atoms with E-state index in [9.17, 15) is 9.59 Å². The number of rotatable bonds is 7. The minimum Gasteiger partial charge on any atom is -0.481 e. The van der Waals surface area contributed by atoms with E-state index in [2.05, 4.69) is 10.5 Å². The highest BCUT2D eigenvalue weighted by molar-refractivity contribution is 6.31. The Bertz CT molecular complexity index is 1400. The summed E-state index contributed by atoms with van der Waals surface area (Å²) in [5.74, 6) is -0.236. The molecule has 35 heavy (non-hydrogen) atoms. The number of benzene rings is 4. The van der Waals surface area contributed by atoms with E-state index in [1.165, 1.54) is 6.21 Å². The SMILES string of the molecule is CC(Oc1cccc(Cl)c1)C(=O)N/N=C/c1c(OC(=O)c2ccc(Cl)cc2)ccc2ccccc12. The number of nitrogens with zero attached hydrogens (tertiary/aromatic N) is 1. The lowest BCUT2D eigenvalue weighted by atomic mass is 10.0. The zero-order valence-corrected chi connectivity index (χ0v) is 20.1. The topological polar surface area (TPSA) is 77.0 Å². The minimum absolute atomic E-state index is 0.296. The first-order chi connectivity index (χ1) is 16.9. The number of esters is 1. The Morgan fingerprint density at radius 2 is 1.69 bits per heavy atom. The van der Waals surface area contributed by atoms with E-state index in [1.807, 2.05) is 30.3 Å². The molecule has 0 aliphatic rings. The highest BCUT2D eigenvalue weighted by Gasteiger charge is 2.16. The summed E-state index contributed by atoms with van der Waals surface area (Å²) >= 11 is 11.9. The second-order valence-corrected chi connectivity index (χ2v) is 8.42. The molecule has 8 heteroatoms. The van der Waals surface area contributed by atoms with Gasteiger partial charge in [-0.15, -0.1) is 0 Å². The first-order valence-corrected chi connectivity index (χ1v) is 11.4. The number of hydrogen-bond acceptors (Lipinski definition) is 5. The van der Waals surface area contributed by atoms with Crippen molar-refractivity contribution in [2.75, 3.05) is 0 Å². The number of carbonyl (C=O) groups excluding carboxylic acids is 2. The van der Waals surface area contributed by atoms with Crippen molar-refractivity contribution in [3.8, 4) is 11.5 Å². The van der Waals surface area contributed by atoms with Crippen LogP contribution in [0.3, 0.4) is 0 Å². The van der Waals surface area contributed by atoms with Gasteiger partial charge in [-0.05, 0) is 66.2 Å². The molecule has 0 bridgehead atoms. The molecular weight excluding hydrogens is 487 g/mol. The van der Waals surface area contributed by atoms with Crippen LogP contribution in [0.4, 0.5) is 0 Å². The van der Waals surface area contributed by atoms with Gasteiger partial charge in [-0.2, -0.15) is 5.10 Å². The summed E-state index contributed by atoms with van der Waals surface area (Å²) in [7, 11) is 0. The molecule has 0 radical (unpaired) electrons. The molecule has 1 amide bonds. The van der Waals surface area contributed by atoms with Gasteiger partial charge in [0.1, 0.15) is 11.5 Å². The maximum absolute atomic E-state index is 12.7. The zero-order chi connectivity index (χ0) is 24.8. The van der Waals surface area contributed by atoms with Crippen LogP contribution in [0.5, 0.6) is 11.5 Å². The fourth-order valence-corrected chi connectivity index (χ4v) is 3.60. The smallest absolute Gasteiger partial charge is 0.343 e. The van der Waals surface area contributed by atoms with Crippen LogP contribution in [0.15, 0.2) is 90.0 Å². The van der Waals surface area contributed by atoms with Gasteiger partial charge < -0.3 is 9.47 Å². The maximum atomic E-state index is 12.7. The Hall–Kier alpha value is -3.87. The predicted octanol–water partition coefficient (Wildman–Crippen LogP) is 6.28. The van der Waals surface area contributed by atoms with Crippen molar-refractivity contribution in [2.45, 2.75) is 13.0 Å². The van der Waals surface area contributed by atoms with E-state index in [1.54, 1.807) is 61.5 Å². The molecular formula is C27H20Cl2N2O4. The zero-order valence-electron chi connectivity index (χ0n) is 18.6. The van der Waals surface area contributed by atoms with Crippen LogP contribution >= 0.6 is 23.2 Å². The van der Waals surface area contributed by atoms with E-state index in [0.717, 1.165) is 10.8 Å². The lowest BCUT2D eigenvalue weighted by Crippen LogP contribution is -2.33. The van der Waals surface area contributed by atoms with E-state index in [4.69, 9.17) is 32.7 Å². The molecule has 0 fully saturated rings. The number of nitrogens with one attached hydrogen (secondary N) is 1. The van der Waals surface area contributed by atoms with Crippen LogP contribution in [0.2, 0.25) is 10.0 Å². The van der Waals surface area contributed by atoms with Crippen LogP contribution in [0.25, 0.3) is 10.8 Å². The number of ether oxygens (including phenoxy) is 2. The molecule has 0 saturated heterocycles. The molecule has 0 aliphatic heterocycles. The Kier molecular flexibility index (Phi) is 7.65. The molecule has 1 atom stereocenters. The van der Waals surface area contributed by atoms with Gasteiger partial charge in [0, 0.05) is 15.6 Å². The number of hydrogen-bond donors (Lipinski definition) is 1. The van der Waals surface area contributed by atoms with Gasteiger partial charge in [0.15, 0.2) is 6.10 Å².